The van der Waals surface area contributed by atoms with E-state index in [1.165, 1.54) is 5.57 Å². The average Bonchev–Trinajstić information content (AvgIpc) is 3.47. The Morgan fingerprint density at radius 2 is 2.06 bits per heavy atom. The van der Waals surface area contributed by atoms with Gasteiger partial charge in [0.15, 0.2) is 0 Å². The number of halogens is 1. The molecule has 5 rings (SSSR count). The van der Waals surface area contributed by atoms with Crippen molar-refractivity contribution in [2.75, 3.05) is 6.54 Å². The van der Waals surface area contributed by atoms with Gasteiger partial charge in [-0.05, 0) is 60.4 Å². The van der Waals surface area contributed by atoms with E-state index in [2.05, 4.69) is 48.0 Å². The van der Waals surface area contributed by atoms with Crippen LogP contribution < -0.4 is 16.2 Å². The number of hydrogen-bond acceptors (Lipinski definition) is 5. The maximum atomic E-state index is 15.8. The quantitative estimate of drug-likeness (QED) is 0.470. The number of nitrogens with zero attached hydrogens (tertiary/aromatic N) is 1. The van der Waals surface area contributed by atoms with Crippen molar-refractivity contribution in [3.8, 4) is 5.75 Å². The predicted molar refractivity (Wildman–Crippen MR) is 128 cm³/mol. The minimum absolute atomic E-state index is 0.0309. The van der Waals surface area contributed by atoms with Gasteiger partial charge in [0.1, 0.15) is 17.7 Å². The lowest BCUT2D eigenvalue weighted by molar-refractivity contribution is 0.135. The molecule has 5 N–H and O–H groups in total. The number of alkyl halides is 1. The number of hydrogen-bond donors (Lipinski definition) is 5. The number of fused-ring (bicyclic) bond motifs is 1. The Morgan fingerprint density at radius 3 is 2.85 bits per heavy atom. The van der Waals surface area contributed by atoms with E-state index in [9.17, 15) is 5.11 Å². The highest BCUT2D eigenvalue weighted by Gasteiger charge is 2.48. The van der Waals surface area contributed by atoms with E-state index < -0.39 is 6.17 Å². The van der Waals surface area contributed by atoms with Crippen LogP contribution in [-0.4, -0.2) is 39.9 Å². The van der Waals surface area contributed by atoms with Gasteiger partial charge in [-0.1, -0.05) is 32.9 Å². The van der Waals surface area contributed by atoms with E-state index in [0.29, 0.717) is 12.0 Å². The zero-order valence-corrected chi connectivity index (χ0v) is 19.7. The first-order valence-corrected chi connectivity index (χ1v) is 12.4. The second kappa shape index (κ2) is 9.20. The smallest absolute Gasteiger partial charge is 0.125 e. The SMILES string of the molecule is CCc1cc(O)ccc1C1CCC2C(c3ncc(C4=CCNC(C(C)C)C4)[nH]3)NNC2C1F. The van der Waals surface area contributed by atoms with Gasteiger partial charge in [0, 0.05) is 24.4 Å². The molecule has 3 aliphatic rings. The first kappa shape index (κ1) is 22.6. The average molecular weight is 454 g/mol. The van der Waals surface area contributed by atoms with Gasteiger partial charge in [-0.3, -0.25) is 5.43 Å². The summed E-state index contributed by atoms with van der Waals surface area (Å²) < 4.78 is 15.8. The number of nitrogens with one attached hydrogen (secondary N) is 4. The van der Waals surface area contributed by atoms with Crippen LogP contribution in [0.3, 0.4) is 0 Å². The molecule has 7 heteroatoms. The summed E-state index contributed by atoms with van der Waals surface area (Å²) in [5.41, 5.74) is 11.0. The molecule has 1 saturated heterocycles. The number of rotatable bonds is 5. The van der Waals surface area contributed by atoms with Crippen LogP contribution in [-0.2, 0) is 6.42 Å². The summed E-state index contributed by atoms with van der Waals surface area (Å²) in [4.78, 5) is 8.24. The topological polar surface area (TPSA) is 85.0 Å². The third kappa shape index (κ3) is 4.22. The molecule has 178 valence electrons. The van der Waals surface area contributed by atoms with Crippen LogP contribution in [0.15, 0.2) is 30.5 Å². The van der Waals surface area contributed by atoms with E-state index in [1.54, 1.807) is 12.1 Å². The Morgan fingerprint density at radius 1 is 1.21 bits per heavy atom. The van der Waals surface area contributed by atoms with Crippen molar-refractivity contribution in [2.24, 2.45) is 11.8 Å². The summed E-state index contributed by atoms with van der Waals surface area (Å²) in [6.07, 6.45) is 6.66. The fraction of sp³-hybridized carbons (Fsp3) is 0.577. The van der Waals surface area contributed by atoms with Crippen LogP contribution in [0, 0.1) is 11.8 Å². The van der Waals surface area contributed by atoms with Crippen molar-refractivity contribution in [2.45, 2.75) is 76.7 Å². The Kier molecular flexibility index (Phi) is 6.29. The van der Waals surface area contributed by atoms with Crippen LogP contribution in [0.1, 0.15) is 74.6 Å². The van der Waals surface area contributed by atoms with Crippen molar-refractivity contribution in [3.05, 3.63) is 53.1 Å². The molecule has 6 nitrogen and oxygen atoms in total. The zero-order valence-electron chi connectivity index (χ0n) is 19.7. The molecule has 0 radical (unpaired) electrons. The Labute approximate surface area is 195 Å². The minimum atomic E-state index is -0.996. The molecule has 2 aliphatic heterocycles. The number of H-pyrrole nitrogens is 1. The summed E-state index contributed by atoms with van der Waals surface area (Å²) in [7, 11) is 0. The number of aromatic hydroxyl groups is 1. The normalized spacial score (nSPS) is 32.1. The Bertz CT molecular complexity index is 1020. The molecular weight excluding hydrogens is 417 g/mol. The fourth-order valence-electron chi connectivity index (χ4n) is 5.98. The molecule has 1 aliphatic carbocycles. The molecular formula is C26H36FN5O. The third-order valence-corrected chi connectivity index (χ3v) is 7.95. The number of benzene rings is 1. The number of imidazole rings is 1. The van der Waals surface area contributed by atoms with Crippen LogP contribution in [0.4, 0.5) is 4.39 Å². The van der Waals surface area contributed by atoms with Crippen LogP contribution in [0.25, 0.3) is 5.57 Å². The maximum Gasteiger partial charge on any atom is 0.125 e. The minimum Gasteiger partial charge on any atom is -0.508 e. The van der Waals surface area contributed by atoms with Crippen molar-refractivity contribution < 1.29 is 9.50 Å². The van der Waals surface area contributed by atoms with Gasteiger partial charge in [0.2, 0.25) is 0 Å². The lowest BCUT2D eigenvalue weighted by Gasteiger charge is -2.36. The number of hydrazine groups is 1. The van der Waals surface area contributed by atoms with Crippen LogP contribution in [0.5, 0.6) is 5.75 Å². The molecule has 1 aromatic carbocycles. The molecule has 0 bridgehead atoms. The molecule has 33 heavy (non-hydrogen) atoms. The second-order valence-electron chi connectivity index (χ2n) is 10.2. The van der Waals surface area contributed by atoms with E-state index >= 15 is 4.39 Å². The number of phenols is 1. The summed E-state index contributed by atoms with van der Waals surface area (Å²) in [6.45, 7) is 7.43. The number of phenolic OH excluding ortho intramolecular Hbond substituents is 1. The highest BCUT2D eigenvalue weighted by molar-refractivity contribution is 5.64. The summed E-state index contributed by atoms with van der Waals surface area (Å²) in [5.74, 6) is 1.70. The molecule has 6 atom stereocenters. The molecule has 1 saturated carbocycles. The second-order valence-corrected chi connectivity index (χ2v) is 10.2. The number of aryl methyl sites for hydroxylation is 1. The van der Waals surface area contributed by atoms with E-state index in [-0.39, 0.29) is 29.7 Å². The molecule has 0 spiro atoms. The van der Waals surface area contributed by atoms with Crippen molar-refractivity contribution >= 4 is 5.57 Å². The van der Waals surface area contributed by atoms with Crippen molar-refractivity contribution in [1.82, 2.24) is 26.1 Å². The largest absolute Gasteiger partial charge is 0.508 e. The van der Waals surface area contributed by atoms with E-state index in [0.717, 1.165) is 54.9 Å². The third-order valence-electron chi connectivity index (χ3n) is 7.95. The van der Waals surface area contributed by atoms with Gasteiger partial charge in [0.25, 0.3) is 0 Å². The fourth-order valence-corrected chi connectivity index (χ4v) is 5.98. The molecule has 2 aromatic rings. The van der Waals surface area contributed by atoms with Crippen molar-refractivity contribution in [3.63, 3.8) is 0 Å². The lowest BCUT2D eigenvalue weighted by Crippen LogP contribution is -2.45. The van der Waals surface area contributed by atoms with Gasteiger partial charge in [0.05, 0.1) is 24.0 Å². The maximum absolute atomic E-state index is 15.8. The first-order valence-electron chi connectivity index (χ1n) is 12.4. The van der Waals surface area contributed by atoms with Crippen LogP contribution >= 0.6 is 0 Å². The standard InChI is InChI=1S/C26H36FN5O/c1-4-15-11-17(33)5-6-18(15)19-7-8-20-24(23(19)27)31-32-25(20)26-29-13-22(30-26)16-9-10-28-21(12-16)14(2)3/h5-6,9,11,13-14,19-21,23-25,28,31-33H,4,7-8,10,12H2,1-3H3,(H,29,30). The van der Waals surface area contributed by atoms with Gasteiger partial charge < -0.3 is 15.4 Å². The van der Waals surface area contributed by atoms with Crippen molar-refractivity contribution in [1.29, 1.82) is 0 Å². The van der Waals surface area contributed by atoms with Gasteiger partial charge >= 0.3 is 0 Å². The number of aromatic nitrogens is 2. The molecule has 3 heterocycles. The highest BCUT2D eigenvalue weighted by atomic mass is 19.1. The molecule has 1 aromatic heterocycles. The monoisotopic (exact) mass is 453 g/mol. The summed E-state index contributed by atoms with van der Waals surface area (Å²) in [5, 5.41) is 13.4. The van der Waals surface area contributed by atoms with Gasteiger partial charge in [-0.15, -0.1) is 0 Å². The summed E-state index contributed by atoms with van der Waals surface area (Å²) in [6, 6.07) is 5.55. The van der Waals surface area contributed by atoms with Gasteiger partial charge in [-0.2, -0.15) is 0 Å². The number of aromatic amines is 1. The highest BCUT2D eigenvalue weighted by Crippen LogP contribution is 2.45. The predicted octanol–water partition coefficient (Wildman–Crippen LogP) is 4.13. The van der Waals surface area contributed by atoms with E-state index in [4.69, 9.17) is 4.98 Å². The molecule has 6 unspecified atom stereocenters. The molecule has 2 fully saturated rings. The molecule has 0 amide bonds. The zero-order chi connectivity index (χ0) is 23.1. The Balaban J connectivity index is 1.31. The Hall–Kier alpha value is -2.22. The lowest BCUT2D eigenvalue weighted by atomic mass is 9.71. The van der Waals surface area contributed by atoms with Gasteiger partial charge in [-0.25, -0.2) is 14.8 Å². The van der Waals surface area contributed by atoms with Crippen LogP contribution in [0.2, 0.25) is 0 Å². The van der Waals surface area contributed by atoms with E-state index in [1.807, 2.05) is 12.3 Å². The first-order chi connectivity index (χ1) is 16.0. The summed E-state index contributed by atoms with van der Waals surface area (Å²) >= 11 is 0.